The Balaban J connectivity index is 3.11. The largest absolute Gasteiger partial charge is 0.388 e. The summed E-state index contributed by atoms with van der Waals surface area (Å²) in [6.45, 7) is 0.955. The molecule has 1 saturated heterocycles. The Morgan fingerprint density at radius 3 is 2.64 bits per heavy atom. The minimum absolute atomic E-state index is 0.256. The molecule has 1 aliphatic rings. The lowest BCUT2D eigenvalue weighted by atomic mass is 9.96. The fourth-order valence-electron chi connectivity index (χ4n) is 2.09. The van der Waals surface area contributed by atoms with Gasteiger partial charge < -0.3 is 19.9 Å². The molecule has 1 fully saturated rings. The molecule has 11 nitrogen and oxygen atoms in total. The molecule has 0 spiro atoms. The first kappa shape index (κ1) is 18.6. The van der Waals surface area contributed by atoms with Crippen LogP contribution in [0.1, 0.15) is 6.92 Å². The van der Waals surface area contributed by atoms with E-state index in [0.29, 0.717) is 0 Å². The molecule has 0 aromatic rings. The Bertz CT molecular complexity index is 547. The first-order chi connectivity index (χ1) is 10.2. The van der Waals surface area contributed by atoms with Crippen LogP contribution in [0.4, 0.5) is 0 Å². The van der Waals surface area contributed by atoms with Crippen LogP contribution in [0.3, 0.4) is 0 Å². The topological polar surface area (TPSA) is 160 Å². The van der Waals surface area contributed by atoms with Gasteiger partial charge in [0.05, 0.1) is 18.9 Å². The van der Waals surface area contributed by atoms with Gasteiger partial charge in [0.15, 0.2) is 6.29 Å². The maximum atomic E-state index is 11.4. The van der Waals surface area contributed by atoms with Crippen molar-refractivity contribution in [3.63, 3.8) is 0 Å². The van der Waals surface area contributed by atoms with E-state index >= 15 is 0 Å². The van der Waals surface area contributed by atoms with Gasteiger partial charge in [-0.15, -0.1) is 0 Å². The van der Waals surface area contributed by atoms with Crippen LogP contribution in [-0.4, -0.2) is 70.0 Å². The van der Waals surface area contributed by atoms with Gasteiger partial charge in [0, 0.05) is 18.9 Å². The van der Waals surface area contributed by atoms with Crippen molar-refractivity contribution < 1.29 is 32.0 Å². The van der Waals surface area contributed by atoms with Gasteiger partial charge in [-0.25, -0.2) is 0 Å². The molecular formula is C10H18N4O7S. The van der Waals surface area contributed by atoms with E-state index in [2.05, 4.69) is 15.3 Å². The monoisotopic (exact) mass is 338 g/mol. The molecule has 0 aromatic heterocycles. The Hall–Kier alpha value is -1.43. The lowest BCUT2D eigenvalue weighted by Gasteiger charge is -2.43. The number of ether oxygens (including phenoxy) is 2. The van der Waals surface area contributed by atoms with Crippen LogP contribution in [0.2, 0.25) is 0 Å². The molecule has 0 radical (unpaired) electrons. The number of hydrogen-bond acceptors (Lipinski definition) is 8. The van der Waals surface area contributed by atoms with Gasteiger partial charge in [0.2, 0.25) is 5.91 Å². The summed E-state index contributed by atoms with van der Waals surface area (Å²) in [6.07, 6.45) is -4.12. The Labute approximate surface area is 127 Å². The number of methoxy groups -OCH3 is 1. The summed E-state index contributed by atoms with van der Waals surface area (Å²) in [4.78, 5) is 13.8. The van der Waals surface area contributed by atoms with Gasteiger partial charge >= 0.3 is 0 Å². The van der Waals surface area contributed by atoms with Gasteiger partial charge in [0.25, 0.3) is 10.1 Å². The zero-order valence-electron chi connectivity index (χ0n) is 12.2. The smallest absolute Gasteiger partial charge is 0.264 e. The van der Waals surface area contributed by atoms with Crippen molar-refractivity contribution in [3.05, 3.63) is 10.4 Å². The van der Waals surface area contributed by atoms with E-state index in [1.807, 2.05) is 0 Å². The summed E-state index contributed by atoms with van der Waals surface area (Å²) in [7, 11) is -2.65. The fourth-order valence-corrected chi connectivity index (χ4v) is 2.73. The van der Waals surface area contributed by atoms with Crippen LogP contribution in [-0.2, 0) is 28.6 Å². The number of rotatable bonds is 6. The third-order valence-electron chi connectivity index (χ3n) is 2.89. The van der Waals surface area contributed by atoms with E-state index in [9.17, 15) is 18.3 Å². The predicted octanol–water partition coefficient (Wildman–Crippen LogP) is -1.12. The van der Waals surface area contributed by atoms with Crippen molar-refractivity contribution in [3.8, 4) is 0 Å². The van der Waals surface area contributed by atoms with Crippen LogP contribution in [0.15, 0.2) is 5.11 Å². The summed E-state index contributed by atoms with van der Waals surface area (Å²) < 4.78 is 38.1. The molecule has 1 rings (SSSR count). The summed E-state index contributed by atoms with van der Waals surface area (Å²) in [6, 6.07) is -1.06. The van der Waals surface area contributed by atoms with Crippen LogP contribution in [0.5, 0.6) is 0 Å². The lowest BCUT2D eigenvalue weighted by Crippen LogP contribution is -2.65. The van der Waals surface area contributed by atoms with Crippen LogP contribution >= 0.6 is 0 Å². The summed E-state index contributed by atoms with van der Waals surface area (Å²) >= 11 is 0. The molecule has 0 saturated carbocycles. The average Bonchev–Trinajstić information content (AvgIpc) is 2.40. The second kappa shape index (κ2) is 7.72. The van der Waals surface area contributed by atoms with Crippen LogP contribution < -0.4 is 5.32 Å². The summed E-state index contributed by atoms with van der Waals surface area (Å²) in [5.74, 6) is -0.488. The molecule has 0 bridgehead atoms. The van der Waals surface area contributed by atoms with Gasteiger partial charge in [0.1, 0.15) is 18.2 Å². The SMILES string of the molecule is CO[C@@H]1O[C@H](CN=[N+]=[N-])[C@@H](O)[C@H](OS(C)(=O)=O)[C@@H]1NC(C)=O. The molecule has 0 aliphatic carbocycles. The van der Waals surface area contributed by atoms with E-state index in [-0.39, 0.29) is 6.54 Å². The summed E-state index contributed by atoms with van der Waals surface area (Å²) in [5, 5.41) is 15.9. The molecule has 1 aliphatic heterocycles. The normalized spacial score (nSPS) is 32.1. The number of aliphatic hydroxyl groups excluding tert-OH is 1. The quantitative estimate of drug-likeness (QED) is 0.268. The van der Waals surface area contributed by atoms with Crippen molar-refractivity contribution in [1.29, 1.82) is 0 Å². The van der Waals surface area contributed by atoms with E-state index in [1.54, 1.807) is 0 Å². The zero-order valence-corrected chi connectivity index (χ0v) is 13.1. The number of amides is 1. The second-order valence-electron chi connectivity index (χ2n) is 4.67. The number of azide groups is 1. The van der Waals surface area contributed by atoms with Crippen molar-refractivity contribution in [2.75, 3.05) is 19.9 Å². The lowest BCUT2D eigenvalue weighted by molar-refractivity contribution is -0.248. The molecule has 1 heterocycles. The second-order valence-corrected chi connectivity index (χ2v) is 6.27. The Kier molecular flexibility index (Phi) is 6.53. The molecule has 22 heavy (non-hydrogen) atoms. The maximum absolute atomic E-state index is 11.4. The maximum Gasteiger partial charge on any atom is 0.264 e. The van der Waals surface area contributed by atoms with Crippen molar-refractivity contribution in [2.45, 2.75) is 37.6 Å². The fraction of sp³-hybridized carbons (Fsp3) is 0.900. The highest BCUT2D eigenvalue weighted by Gasteiger charge is 2.48. The molecule has 5 atom stereocenters. The van der Waals surface area contributed by atoms with Crippen molar-refractivity contribution >= 4 is 16.0 Å². The van der Waals surface area contributed by atoms with Gasteiger partial charge in [-0.05, 0) is 5.53 Å². The number of carbonyl (C=O) groups excluding carboxylic acids is 1. The minimum atomic E-state index is -3.93. The molecule has 2 N–H and O–H groups in total. The standard InChI is InChI=1S/C10H18N4O7S/c1-5(15)13-7-9(21-22(3,17)18)8(16)6(4-12-14-11)20-10(7)19-2/h6-10,16H,4H2,1-3H3,(H,13,15)/t6-,7+,8-,9-,10-/m1/s1. The van der Waals surface area contributed by atoms with Crippen LogP contribution in [0, 0.1) is 0 Å². The highest BCUT2D eigenvalue weighted by molar-refractivity contribution is 7.86. The number of hydrogen-bond donors (Lipinski definition) is 2. The van der Waals surface area contributed by atoms with Gasteiger partial charge in [-0.2, -0.15) is 8.42 Å². The first-order valence-corrected chi connectivity index (χ1v) is 8.03. The van der Waals surface area contributed by atoms with Crippen LogP contribution in [0.25, 0.3) is 10.4 Å². The number of carbonyl (C=O) groups is 1. The van der Waals surface area contributed by atoms with E-state index in [4.69, 9.17) is 19.2 Å². The summed E-state index contributed by atoms with van der Waals surface area (Å²) in [5.41, 5.74) is 8.34. The molecule has 126 valence electrons. The number of nitrogens with zero attached hydrogens (tertiary/aromatic N) is 3. The molecular weight excluding hydrogens is 320 g/mol. The average molecular weight is 338 g/mol. The molecule has 12 heteroatoms. The van der Waals surface area contributed by atoms with E-state index in [0.717, 1.165) is 6.26 Å². The number of aliphatic hydroxyl groups is 1. The molecule has 1 amide bonds. The molecule has 0 unspecified atom stereocenters. The Morgan fingerprint density at radius 2 is 2.18 bits per heavy atom. The number of nitrogens with one attached hydrogen (secondary N) is 1. The van der Waals surface area contributed by atoms with E-state index in [1.165, 1.54) is 14.0 Å². The first-order valence-electron chi connectivity index (χ1n) is 6.22. The Morgan fingerprint density at radius 1 is 1.55 bits per heavy atom. The zero-order chi connectivity index (χ0) is 16.9. The third kappa shape index (κ3) is 5.09. The third-order valence-corrected chi connectivity index (χ3v) is 3.46. The van der Waals surface area contributed by atoms with E-state index < -0.39 is 46.7 Å². The van der Waals surface area contributed by atoms with Crippen molar-refractivity contribution in [1.82, 2.24) is 5.32 Å². The van der Waals surface area contributed by atoms with Gasteiger partial charge in [-0.3, -0.25) is 8.98 Å². The van der Waals surface area contributed by atoms with Crippen molar-refractivity contribution in [2.24, 2.45) is 5.11 Å². The highest BCUT2D eigenvalue weighted by atomic mass is 32.2. The predicted molar refractivity (Wildman–Crippen MR) is 73.0 cm³/mol. The molecule has 0 aromatic carbocycles. The van der Waals surface area contributed by atoms with Gasteiger partial charge in [-0.1, -0.05) is 5.11 Å². The minimum Gasteiger partial charge on any atom is -0.388 e. The highest BCUT2D eigenvalue weighted by Crippen LogP contribution is 2.25.